The van der Waals surface area contributed by atoms with Gasteiger partial charge in [0.25, 0.3) is 0 Å². The van der Waals surface area contributed by atoms with Crippen molar-refractivity contribution in [1.82, 2.24) is 4.57 Å². The summed E-state index contributed by atoms with van der Waals surface area (Å²) in [4.78, 5) is 4.56. The van der Waals surface area contributed by atoms with Crippen molar-refractivity contribution in [2.75, 3.05) is 24.6 Å². The summed E-state index contributed by atoms with van der Waals surface area (Å²) in [5, 5.41) is 12.3. The van der Waals surface area contributed by atoms with Gasteiger partial charge >= 0.3 is 0 Å². The van der Waals surface area contributed by atoms with Crippen LogP contribution in [0, 0.1) is 11.3 Å². The number of hydrogen-bond donors (Lipinski definition) is 2. The molecule has 5 nitrogen and oxygen atoms in total. The molecule has 0 aliphatic heterocycles. The van der Waals surface area contributed by atoms with E-state index in [0.717, 1.165) is 6.42 Å². The number of pyridine rings is 1. The molecular weight excluding hydrogens is 262 g/mol. The molecule has 21 heavy (non-hydrogen) atoms. The number of nitriles is 1. The lowest BCUT2D eigenvalue weighted by Gasteiger charge is -2.11. The molecule has 0 spiro atoms. The van der Waals surface area contributed by atoms with E-state index in [9.17, 15) is 5.26 Å². The fourth-order valence-corrected chi connectivity index (χ4v) is 2.16. The lowest BCUT2D eigenvalue weighted by Crippen LogP contribution is -2.25. The number of nitrogens with zero attached hydrogens (tertiary/aromatic N) is 3. The minimum Gasteiger partial charge on any atom is -0.387 e. The van der Waals surface area contributed by atoms with E-state index in [1.807, 2.05) is 25.2 Å². The predicted molar refractivity (Wildman–Crippen MR) is 84.7 cm³/mol. The van der Waals surface area contributed by atoms with E-state index in [4.69, 9.17) is 5.73 Å². The number of benzene rings is 1. The molecular formula is C16H19N5. The second-order valence-corrected chi connectivity index (χ2v) is 4.72. The third kappa shape index (κ3) is 3.23. The number of aromatic nitrogens is 1. The molecule has 0 bridgehead atoms. The van der Waals surface area contributed by atoms with Gasteiger partial charge in [0.1, 0.15) is 22.9 Å². The summed E-state index contributed by atoms with van der Waals surface area (Å²) in [7, 11) is 3.58. The van der Waals surface area contributed by atoms with Gasteiger partial charge in [-0.3, -0.25) is 4.99 Å². The lowest BCUT2D eigenvalue weighted by molar-refractivity contribution is 0.801. The van der Waals surface area contributed by atoms with Crippen molar-refractivity contribution >= 4 is 11.5 Å². The van der Waals surface area contributed by atoms with Crippen LogP contribution in [0.1, 0.15) is 11.1 Å². The first-order chi connectivity index (χ1) is 10.2. The van der Waals surface area contributed by atoms with E-state index in [1.165, 1.54) is 5.56 Å². The van der Waals surface area contributed by atoms with Crippen molar-refractivity contribution in [3.05, 3.63) is 53.0 Å². The maximum absolute atomic E-state index is 9.36. The fourth-order valence-electron chi connectivity index (χ4n) is 2.16. The summed E-state index contributed by atoms with van der Waals surface area (Å²) in [6.45, 7) is 0.610. The van der Waals surface area contributed by atoms with Crippen LogP contribution in [0.4, 0.5) is 11.5 Å². The molecule has 108 valence electrons. The minimum atomic E-state index is 0.516. The Hall–Kier alpha value is -2.74. The van der Waals surface area contributed by atoms with E-state index in [2.05, 4.69) is 28.5 Å². The van der Waals surface area contributed by atoms with Gasteiger partial charge in [-0.15, -0.1) is 0 Å². The Labute approximate surface area is 124 Å². The number of rotatable bonds is 4. The third-order valence-corrected chi connectivity index (χ3v) is 3.38. The van der Waals surface area contributed by atoms with E-state index in [-0.39, 0.29) is 0 Å². The zero-order chi connectivity index (χ0) is 15.2. The Bertz CT molecular complexity index is 723. The first-order valence-electron chi connectivity index (χ1n) is 6.79. The van der Waals surface area contributed by atoms with E-state index in [0.29, 0.717) is 29.1 Å². The highest BCUT2D eigenvalue weighted by molar-refractivity contribution is 5.60. The van der Waals surface area contributed by atoms with Crippen molar-refractivity contribution in [3.8, 4) is 6.07 Å². The third-order valence-electron chi connectivity index (χ3n) is 3.38. The van der Waals surface area contributed by atoms with Crippen LogP contribution in [0.3, 0.4) is 0 Å². The van der Waals surface area contributed by atoms with Crippen LogP contribution >= 0.6 is 0 Å². The van der Waals surface area contributed by atoms with E-state index < -0.39 is 0 Å². The van der Waals surface area contributed by atoms with E-state index >= 15 is 0 Å². The molecule has 2 aromatic rings. The summed E-state index contributed by atoms with van der Waals surface area (Å²) in [5.41, 5.74) is 9.00. The summed E-state index contributed by atoms with van der Waals surface area (Å²) in [6, 6.07) is 14.1. The number of nitrogen functional groups attached to an aromatic ring is 1. The molecule has 1 heterocycles. The molecule has 5 heteroatoms. The normalized spacial score (nSPS) is 11.2. The Morgan fingerprint density at radius 2 is 2.05 bits per heavy atom. The van der Waals surface area contributed by atoms with Crippen LogP contribution in [-0.2, 0) is 13.5 Å². The number of hydrogen-bond acceptors (Lipinski definition) is 4. The van der Waals surface area contributed by atoms with Gasteiger partial charge in [-0.1, -0.05) is 30.3 Å². The molecule has 0 amide bonds. The summed E-state index contributed by atoms with van der Waals surface area (Å²) < 4.78 is 1.74. The van der Waals surface area contributed by atoms with Gasteiger partial charge in [-0.2, -0.15) is 5.26 Å². The van der Waals surface area contributed by atoms with Gasteiger partial charge in [0.15, 0.2) is 0 Å². The zero-order valence-electron chi connectivity index (χ0n) is 12.3. The van der Waals surface area contributed by atoms with Crippen LogP contribution < -0.4 is 16.5 Å². The maximum Gasteiger partial charge on any atom is 0.149 e. The van der Waals surface area contributed by atoms with Crippen LogP contribution in [0.5, 0.6) is 0 Å². The SMILES string of the molecule is CNc1cc(N)n(C)/c(=N/CCc2ccccc2)c1C#N. The molecule has 0 fully saturated rings. The molecule has 1 aromatic carbocycles. The molecule has 0 saturated carbocycles. The van der Waals surface area contributed by atoms with Crippen molar-refractivity contribution in [3.63, 3.8) is 0 Å². The Balaban J connectivity index is 2.36. The van der Waals surface area contributed by atoms with Crippen molar-refractivity contribution in [1.29, 1.82) is 5.26 Å². The Morgan fingerprint density at radius 1 is 1.33 bits per heavy atom. The second-order valence-electron chi connectivity index (χ2n) is 4.72. The maximum atomic E-state index is 9.36. The average Bonchev–Trinajstić information content (AvgIpc) is 2.52. The molecule has 0 aliphatic carbocycles. The number of nitrogens with two attached hydrogens (primary N) is 1. The fraction of sp³-hybridized carbons (Fsp3) is 0.250. The van der Waals surface area contributed by atoms with Crippen molar-refractivity contribution in [2.24, 2.45) is 12.0 Å². The first-order valence-corrected chi connectivity index (χ1v) is 6.79. The Kier molecular flexibility index (Phi) is 4.62. The minimum absolute atomic E-state index is 0.516. The van der Waals surface area contributed by atoms with Gasteiger partial charge < -0.3 is 15.6 Å². The summed E-state index contributed by atoms with van der Waals surface area (Å²) in [5.74, 6) is 0.566. The van der Waals surface area contributed by atoms with Gasteiger partial charge in [0, 0.05) is 26.7 Å². The van der Waals surface area contributed by atoms with Crippen LogP contribution in [0.15, 0.2) is 41.4 Å². The molecule has 2 rings (SSSR count). The average molecular weight is 281 g/mol. The number of anilines is 2. The lowest BCUT2D eigenvalue weighted by atomic mass is 10.1. The smallest absolute Gasteiger partial charge is 0.149 e. The molecule has 0 atom stereocenters. The van der Waals surface area contributed by atoms with Gasteiger partial charge in [0.05, 0.1) is 5.69 Å². The predicted octanol–water partition coefficient (Wildman–Crippen LogP) is 1.66. The number of nitrogens with one attached hydrogen (secondary N) is 1. The van der Waals surface area contributed by atoms with Gasteiger partial charge in [0.2, 0.25) is 0 Å². The van der Waals surface area contributed by atoms with Crippen molar-refractivity contribution in [2.45, 2.75) is 6.42 Å². The van der Waals surface area contributed by atoms with E-state index in [1.54, 1.807) is 17.7 Å². The molecule has 0 saturated heterocycles. The van der Waals surface area contributed by atoms with Crippen LogP contribution in [-0.4, -0.2) is 18.2 Å². The zero-order valence-corrected chi connectivity index (χ0v) is 12.3. The molecule has 1 aromatic heterocycles. The second kappa shape index (κ2) is 6.62. The molecule has 3 N–H and O–H groups in total. The van der Waals surface area contributed by atoms with Crippen molar-refractivity contribution < 1.29 is 0 Å². The standard InChI is InChI=1S/C16H19N5/c1-19-14-10-15(18)21(2)16(13(14)11-17)20-9-8-12-6-4-3-5-7-12/h3-7,10,19H,8-9,18H2,1-2H3/b20-16+. The largest absolute Gasteiger partial charge is 0.387 e. The van der Waals surface area contributed by atoms with Crippen LogP contribution in [0.2, 0.25) is 0 Å². The highest BCUT2D eigenvalue weighted by Gasteiger charge is 2.08. The first kappa shape index (κ1) is 14.7. The highest BCUT2D eigenvalue weighted by atomic mass is 15.1. The van der Waals surface area contributed by atoms with Gasteiger partial charge in [-0.25, -0.2) is 0 Å². The van der Waals surface area contributed by atoms with Crippen LogP contribution in [0.25, 0.3) is 0 Å². The summed E-state index contributed by atoms with van der Waals surface area (Å²) in [6.07, 6.45) is 0.829. The Morgan fingerprint density at radius 3 is 2.67 bits per heavy atom. The molecule has 0 aliphatic rings. The molecule has 0 radical (unpaired) electrons. The molecule has 0 unspecified atom stereocenters. The van der Waals surface area contributed by atoms with Gasteiger partial charge in [-0.05, 0) is 12.0 Å². The topological polar surface area (TPSA) is 79.1 Å². The quantitative estimate of drug-likeness (QED) is 0.894. The summed E-state index contributed by atoms with van der Waals surface area (Å²) >= 11 is 0. The monoisotopic (exact) mass is 281 g/mol. The highest BCUT2D eigenvalue weighted by Crippen LogP contribution is 2.13.